The molecule has 0 aliphatic carbocycles. The molecule has 2 aromatic carbocycles. The van der Waals surface area contributed by atoms with Crippen LogP contribution >= 0.6 is 11.6 Å². The van der Waals surface area contributed by atoms with Gasteiger partial charge in [0.1, 0.15) is 11.6 Å². The lowest BCUT2D eigenvalue weighted by Gasteiger charge is -2.31. The Hall–Kier alpha value is -2.80. The van der Waals surface area contributed by atoms with Crippen molar-refractivity contribution in [1.82, 2.24) is 4.90 Å². The fourth-order valence-electron chi connectivity index (χ4n) is 2.72. The fraction of sp³-hybridized carbons (Fsp3) is 0.278. The van der Waals surface area contributed by atoms with Crippen LogP contribution in [0.4, 0.5) is 5.69 Å². The molecule has 0 spiro atoms. The van der Waals surface area contributed by atoms with Gasteiger partial charge < -0.3 is 14.4 Å². The third-order valence-corrected chi connectivity index (χ3v) is 4.37. The Bertz CT molecular complexity index is 842. The van der Waals surface area contributed by atoms with Gasteiger partial charge in [0.05, 0.1) is 11.5 Å². The Balaban J connectivity index is 1.74. The van der Waals surface area contributed by atoms with Crippen LogP contribution in [0.2, 0.25) is 5.02 Å². The lowest BCUT2D eigenvalue weighted by molar-refractivity contribution is -0.384. The van der Waals surface area contributed by atoms with Gasteiger partial charge >= 0.3 is 0 Å². The van der Waals surface area contributed by atoms with Gasteiger partial charge in [0.2, 0.25) is 0 Å². The summed E-state index contributed by atoms with van der Waals surface area (Å²) >= 11 is 5.81. The third kappa shape index (κ3) is 3.72. The van der Waals surface area contributed by atoms with Crippen LogP contribution in [0.25, 0.3) is 0 Å². The summed E-state index contributed by atoms with van der Waals surface area (Å²) in [5.41, 5.74) is -0.0835. The number of likely N-dealkylation sites (N-methyl/N-ethyl adjacent to an activating group) is 1. The maximum atomic E-state index is 12.7. The molecule has 136 valence electrons. The van der Waals surface area contributed by atoms with Crippen molar-refractivity contribution in [2.24, 2.45) is 0 Å². The first-order valence-electron chi connectivity index (χ1n) is 8.11. The highest BCUT2D eigenvalue weighted by molar-refractivity contribution is 6.32. The molecule has 3 rings (SSSR count). The predicted octanol–water partition coefficient (Wildman–Crippen LogP) is 3.55. The summed E-state index contributed by atoms with van der Waals surface area (Å²) in [5.74, 6) is 0.982. The summed E-state index contributed by atoms with van der Waals surface area (Å²) in [6.07, 6.45) is -0.323. The van der Waals surface area contributed by atoms with Crippen LogP contribution in [0, 0.1) is 10.1 Å². The topological polar surface area (TPSA) is 81.9 Å². The normalized spacial score (nSPS) is 15.4. The van der Waals surface area contributed by atoms with Crippen LogP contribution in [-0.4, -0.2) is 41.5 Å². The van der Waals surface area contributed by atoms with Crippen LogP contribution < -0.4 is 9.47 Å². The summed E-state index contributed by atoms with van der Waals surface area (Å²) in [6, 6.07) is 11.4. The highest BCUT2D eigenvalue weighted by Gasteiger charge is 2.26. The van der Waals surface area contributed by atoms with Gasteiger partial charge in [-0.2, -0.15) is 0 Å². The SMILES string of the molecule is CCN(CC1COc2ccccc2O1)C(=O)c1ccc(Cl)c([N+](=O)[O-])c1. The quantitative estimate of drug-likeness (QED) is 0.588. The van der Waals surface area contributed by atoms with Gasteiger partial charge in [-0.15, -0.1) is 0 Å². The number of nitro groups is 1. The second kappa shape index (κ2) is 7.61. The first kappa shape index (κ1) is 18.0. The van der Waals surface area contributed by atoms with Crippen molar-refractivity contribution >= 4 is 23.2 Å². The molecular weight excluding hydrogens is 360 g/mol. The van der Waals surface area contributed by atoms with Gasteiger partial charge in [-0.25, -0.2) is 0 Å². The Kier molecular flexibility index (Phi) is 5.27. The van der Waals surface area contributed by atoms with Crippen LogP contribution in [0.1, 0.15) is 17.3 Å². The molecule has 1 aliphatic heterocycles. The van der Waals surface area contributed by atoms with E-state index in [-0.39, 0.29) is 28.3 Å². The van der Waals surface area contributed by atoms with E-state index in [0.29, 0.717) is 31.2 Å². The van der Waals surface area contributed by atoms with E-state index in [1.807, 2.05) is 31.2 Å². The van der Waals surface area contributed by atoms with E-state index < -0.39 is 4.92 Å². The molecule has 0 saturated heterocycles. The minimum Gasteiger partial charge on any atom is -0.486 e. The smallest absolute Gasteiger partial charge is 0.288 e. The monoisotopic (exact) mass is 376 g/mol. The average Bonchev–Trinajstić information content (AvgIpc) is 2.65. The number of benzene rings is 2. The van der Waals surface area contributed by atoms with E-state index >= 15 is 0 Å². The number of carbonyl (C=O) groups is 1. The molecule has 0 N–H and O–H groups in total. The van der Waals surface area contributed by atoms with Crippen LogP contribution in [-0.2, 0) is 0 Å². The first-order valence-corrected chi connectivity index (χ1v) is 8.49. The summed E-state index contributed by atoms with van der Waals surface area (Å²) < 4.78 is 11.5. The highest BCUT2D eigenvalue weighted by atomic mass is 35.5. The van der Waals surface area contributed by atoms with E-state index in [1.165, 1.54) is 18.2 Å². The van der Waals surface area contributed by atoms with Crippen molar-refractivity contribution in [1.29, 1.82) is 0 Å². The number of carbonyl (C=O) groups excluding carboxylic acids is 1. The van der Waals surface area contributed by atoms with Gasteiger partial charge in [0.15, 0.2) is 17.6 Å². The Labute approximate surface area is 155 Å². The van der Waals surface area contributed by atoms with Crippen molar-refractivity contribution in [2.45, 2.75) is 13.0 Å². The number of hydrogen-bond donors (Lipinski definition) is 0. The van der Waals surface area contributed by atoms with E-state index in [2.05, 4.69) is 0 Å². The van der Waals surface area contributed by atoms with Crippen LogP contribution in [0.3, 0.4) is 0 Å². The first-order chi connectivity index (χ1) is 12.5. The van der Waals surface area contributed by atoms with Crippen molar-refractivity contribution in [2.75, 3.05) is 19.7 Å². The molecule has 0 aromatic heterocycles. The Morgan fingerprint density at radius 2 is 2.04 bits per heavy atom. The van der Waals surface area contributed by atoms with Gasteiger partial charge in [-0.05, 0) is 31.2 Å². The van der Waals surface area contributed by atoms with Crippen molar-refractivity contribution in [3.8, 4) is 11.5 Å². The molecule has 1 unspecified atom stereocenters. The molecule has 7 nitrogen and oxygen atoms in total. The zero-order chi connectivity index (χ0) is 18.7. The van der Waals surface area contributed by atoms with E-state index in [4.69, 9.17) is 21.1 Å². The lowest BCUT2D eigenvalue weighted by atomic mass is 10.1. The number of amides is 1. The molecule has 0 bridgehead atoms. The van der Waals surface area contributed by atoms with E-state index in [0.717, 1.165) is 0 Å². The molecule has 8 heteroatoms. The fourth-order valence-corrected chi connectivity index (χ4v) is 2.91. The molecule has 0 radical (unpaired) electrons. The zero-order valence-corrected chi connectivity index (χ0v) is 14.8. The second-order valence-electron chi connectivity index (χ2n) is 5.76. The standard InChI is InChI=1S/C18H17ClN2O5/c1-2-20(10-13-11-25-16-5-3-4-6-17(16)26-13)18(22)12-7-8-14(19)15(9-12)21(23)24/h3-9,13H,2,10-11H2,1H3. The predicted molar refractivity (Wildman–Crippen MR) is 96.0 cm³/mol. The second-order valence-corrected chi connectivity index (χ2v) is 6.17. The minimum absolute atomic E-state index is 0.00443. The number of halogens is 1. The maximum absolute atomic E-state index is 12.7. The van der Waals surface area contributed by atoms with Gasteiger partial charge in [0.25, 0.3) is 11.6 Å². The minimum atomic E-state index is -0.607. The number of rotatable bonds is 5. The number of ether oxygens (including phenoxy) is 2. The molecule has 1 amide bonds. The maximum Gasteiger partial charge on any atom is 0.288 e. The van der Waals surface area contributed by atoms with Crippen molar-refractivity contribution in [3.05, 3.63) is 63.2 Å². The summed E-state index contributed by atoms with van der Waals surface area (Å²) in [5, 5.41) is 11.0. The van der Waals surface area contributed by atoms with Crippen LogP contribution in [0.15, 0.2) is 42.5 Å². The summed E-state index contributed by atoms with van der Waals surface area (Å²) in [6.45, 7) is 2.89. The Morgan fingerprint density at radius 1 is 1.31 bits per heavy atom. The molecule has 1 heterocycles. The number of nitro benzene ring substituents is 1. The number of nitrogens with zero attached hydrogens (tertiary/aromatic N) is 2. The number of fused-ring (bicyclic) bond motifs is 1. The van der Waals surface area contributed by atoms with E-state index in [9.17, 15) is 14.9 Å². The zero-order valence-electron chi connectivity index (χ0n) is 14.1. The number of para-hydroxylation sites is 2. The molecule has 2 aromatic rings. The molecule has 0 saturated carbocycles. The van der Waals surface area contributed by atoms with E-state index in [1.54, 1.807) is 4.90 Å². The summed E-state index contributed by atoms with van der Waals surface area (Å²) in [7, 11) is 0. The van der Waals surface area contributed by atoms with Gasteiger partial charge in [-0.3, -0.25) is 14.9 Å². The van der Waals surface area contributed by atoms with Gasteiger partial charge in [-0.1, -0.05) is 23.7 Å². The molecule has 1 atom stereocenters. The highest BCUT2D eigenvalue weighted by Crippen LogP contribution is 2.31. The van der Waals surface area contributed by atoms with Crippen molar-refractivity contribution < 1.29 is 19.2 Å². The average molecular weight is 377 g/mol. The molecule has 1 aliphatic rings. The molecule has 0 fully saturated rings. The summed E-state index contributed by atoms with van der Waals surface area (Å²) in [4.78, 5) is 24.7. The van der Waals surface area contributed by atoms with Gasteiger partial charge in [0, 0.05) is 18.2 Å². The number of hydrogen-bond acceptors (Lipinski definition) is 5. The van der Waals surface area contributed by atoms with Crippen molar-refractivity contribution in [3.63, 3.8) is 0 Å². The molecular formula is C18H17ClN2O5. The molecule has 26 heavy (non-hydrogen) atoms. The lowest BCUT2D eigenvalue weighted by Crippen LogP contribution is -2.43. The third-order valence-electron chi connectivity index (χ3n) is 4.05. The van der Waals surface area contributed by atoms with Crippen LogP contribution in [0.5, 0.6) is 11.5 Å². The largest absolute Gasteiger partial charge is 0.486 e. The Morgan fingerprint density at radius 3 is 2.73 bits per heavy atom.